The summed E-state index contributed by atoms with van der Waals surface area (Å²) in [6.07, 6.45) is 6.61. The molecule has 3 rings (SSSR count). The summed E-state index contributed by atoms with van der Waals surface area (Å²) in [7, 11) is 3.03. The molecule has 148 valence electrons. The number of aromatic nitrogens is 1. The smallest absolute Gasteiger partial charge is 0.259 e. The molecule has 0 spiro atoms. The SMILES string of the molecule is COc1ccc(C(=O)N2CCCCCNC(=O)C3CCCCC32)c(OC)n1. The Labute approximate surface area is 160 Å². The Bertz CT molecular complexity index is 679. The van der Waals surface area contributed by atoms with Gasteiger partial charge in [-0.3, -0.25) is 9.59 Å². The third-order valence-corrected chi connectivity index (χ3v) is 5.57. The average molecular weight is 375 g/mol. The molecule has 7 heteroatoms. The summed E-state index contributed by atoms with van der Waals surface area (Å²) in [5.41, 5.74) is 0.417. The standard InChI is InChI=1S/C20H29N3O4/c1-26-17-11-10-15(19(22-17)27-2)20(25)23-13-7-3-6-12-21-18(24)14-8-4-5-9-16(14)23/h10-11,14,16H,3-9,12-13H2,1-2H3,(H,21,24). The second-order valence-corrected chi connectivity index (χ2v) is 7.22. The number of carbonyl (C=O) groups excluding carboxylic acids is 2. The zero-order valence-electron chi connectivity index (χ0n) is 16.2. The van der Waals surface area contributed by atoms with E-state index in [-0.39, 0.29) is 29.7 Å². The molecule has 1 N–H and O–H groups in total. The van der Waals surface area contributed by atoms with Gasteiger partial charge in [-0.05, 0) is 38.2 Å². The van der Waals surface area contributed by atoms with Crippen molar-refractivity contribution in [1.29, 1.82) is 0 Å². The van der Waals surface area contributed by atoms with Crippen molar-refractivity contribution in [2.45, 2.75) is 51.0 Å². The van der Waals surface area contributed by atoms with Crippen LogP contribution in [-0.4, -0.2) is 55.0 Å². The van der Waals surface area contributed by atoms with Crippen LogP contribution in [-0.2, 0) is 4.79 Å². The van der Waals surface area contributed by atoms with Crippen LogP contribution in [0.1, 0.15) is 55.3 Å². The fraction of sp³-hybridized carbons (Fsp3) is 0.650. The van der Waals surface area contributed by atoms with Crippen molar-refractivity contribution in [1.82, 2.24) is 15.2 Å². The van der Waals surface area contributed by atoms with E-state index in [2.05, 4.69) is 10.3 Å². The Hall–Kier alpha value is -2.31. The van der Waals surface area contributed by atoms with Crippen molar-refractivity contribution < 1.29 is 19.1 Å². The molecule has 0 aromatic carbocycles. The highest BCUT2D eigenvalue weighted by molar-refractivity contribution is 5.97. The first-order valence-electron chi connectivity index (χ1n) is 9.83. The number of rotatable bonds is 3. The van der Waals surface area contributed by atoms with Gasteiger partial charge >= 0.3 is 0 Å². The molecule has 27 heavy (non-hydrogen) atoms. The summed E-state index contributed by atoms with van der Waals surface area (Å²) in [6, 6.07) is 3.29. The van der Waals surface area contributed by atoms with Gasteiger partial charge in [-0.25, -0.2) is 0 Å². The molecule has 2 heterocycles. The van der Waals surface area contributed by atoms with Crippen molar-refractivity contribution in [3.05, 3.63) is 17.7 Å². The predicted molar refractivity (Wildman–Crippen MR) is 101 cm³/mol. The van der Waals surface area contributed by atoms with E-state index in [9.17, 15) is 9.59 Å². The number of nitrogens with zero attached hydrogens (tertiary/aromatic N) is 2. The molecule has 1 aromatic heterocycles. The zero-order chi connectivity index (χ0) is 19.2. The number of ether oxygens (including phenoxy) is 2. The number of nitrogens with one attached hydrogen (secondary N) is 1. The number of fused-ring (bicyclic) bond motifs is 1. The van der Waals surface area contributed by atoms with Gasteiger partial charge in [-0.1, -0.05) is 12.8 Å². The molecule has 2 unspecified atom stereocenters. The van der Waals surface area contributed by atoms with E-state index < -0.39 is 0 Å². The monoisotopic (exact) mass is 375 g/mol. The molecule has 1 aliphatic carbocycles. The number of pyridine rings is 1. The second kappa shape index (κ2) is 9.06. The first kappa shape index (κ1) is 19.5. The largest absolute Gasteiger partial charge is 0.481 e. The van der Waals surface area contributed by atoms with Crippen LogP contribution in [0.15, 0.2) is 12.1 Å². The summed E-state index contributed by atoms with van der Waals surface area (Å²) >= 11 is 0. The summed E-state index contributed by atoms with van der Waals surface area (Å²) in [5.74, 6) is 0.483. The van der Waals surface area contributed by atoms with Gasteiger partial charge in [0, 0.05) is 25.2 Å². The summed E-state index contributed by atoms with van der Waals surface area (Å²) in [4.78, 5) is 32.3. The van der Waals surface area contributed by atoms with Crippen molar-refractivity contribution >= 4 is 11.8 Å². The Morgan fingerprint density at radius 1 is 1.11 bits per heavy atom. The molecule has 1 aliphatic heterocycles. The number of methoxy groups -OCH3 is 2. The highest BCUT2D eigenvalue weighted by atomic mass is 16.5. The van der Waals surface area contributed by atoms with Crippen molar-refractivity contribution in [2.24, 2.45) is 5.92 Å². The third kappa shape index (κ3) is 4.34. The lowest BCUT2D eigenvalue weighted by molar-refractivity contribution is -0.128. The highest BCUT2D eigenvalue weighted by Crippen LogP contribution is 2.32. The molecule has 1 saturated heterocycles. The van der Waals surface area contributed by atoms with E-state index in [1.54, 1.807) is 12.1 Å². The Morgan fingerprint density at radius 3 is 2.70 bits per heavy atom. The van der Waals surface area contributed by atoms with Gasteiger partial charge < -0.3 is 19.7 Å². The van der Waals surface area contributed by atoms with Crippen LogP contribution >= 0.6 is 0 Å². The minimum Gasteiger partial charge on any atom is -0.481 e. The van der Waals surface area contributed by atoms with E-state index in [4.69, 9.17) is 9.47 Å². The minimum absolute atomic E-state index is 0.0730. The maximum atomic E-state index is 13.4. The maximum Gasteiger partial charge on any atom is 0.259 e. The lowest BCUT2D eigenvalue weighted by Gasteiger charge is -2.40. The van der Waals surface area contributed by atoms with Gasteiger partial charge in [0.25, 0.3) is 5.91 Å². The number of amides is 2. The topological polar surface area (TPSA) is 80.8 Å². The van der Waals surface area contributed by atoms with Crippen LogP contribution in [0.5, 0.6) is 11.8 Å². The van der Waals surface area contributed by atoms with E-state index in [1.807, 2.05) is 4.90 Å². The molecule has 0 bridgehead atoms. The van der Waals surface area contributed by atoms with Crippen LogP contribution in [0.3, 0.4) is 0 Å². The second-order valence-electron chi connectivity index (χ2n) is 7.22. The van der Waals surface area contributed by atoms with Crippen LogP contribution in [0.4, 0.5) is 0 Å². The van der Waals surface area contributed by atoms with Gasteiger partial charge in [-0.15, -0.1) is 0 Å². The fourth-order valence-corrected chi connectivity index (χ4v) is 4.15. The highest BCUT2D eigenvalue weighted by Gasteiger charge is 2.38. The number of hydrogen-bond acceptors (Lipinski definition) is 5. The van der Waals surface area contributed by atoms with Crippen molar-refractivity contribution in [3.8, 4) is 11.8 Å². The van der Waals surface area contributed by atoms with E-state index in [0.29, 0.717) is 18.0 Å². The van der Waals surface area contributed by atoms with Gasteiger partial charge in [0.05, 0.1) is 20.1 Å². The van der Waals surface area contributed by atoms with Gasteiger partial charge in [0.15, 0.2) is 0 Å². The average Bonchev–Trinajstić information content (AvgIpc) is 2.72. The first-order chi connectivity index (χ1) is 13.2. The van der Waals surface area contributed by atoms with Crippen molar-refractivity contribution in [3.63, 3.8) is 0 Å². The molecular formula is C20H29N3O4. The van der Waals surface area contributed by atoms with Crippen LogP contribution in [0.25, 0.3) is 0 Å². The third-order valence-electron chi connectivity index (χ3n) is 5.57. The minimum atomic E-state index is -0.141. The van der Waals surface area contributed by atoms with Gasteiger partial charge in [-0.2, -0.15) is 4.98 Å². The van der Waals surface area contributed by atoms with Crippen LogP contribution < -0.4 is 14.8 Å². The summed E-state index contributed by atoms with van der Waals surface area (Å²) < 4.78 is 10.5. The molecular weight excluding hydrogens is 346 g/mol. The van der Waals surface area contributed by atoms with Gasteiger partial charge in [0.2, 0.25) is 17.7 Å². The summed E-state index contributed by atoms with van der Waals surface area (Å²) in [5, 5.41) is 3.06. The molecule has 7 nitrogen and oxygen atoms in total. The van der Waals surface area contributed by atoms with Crippen molar-refractivity contribution in [2.75, 3.05) is 27.3 Å². The molecule has 2 amide bonds. The molecule has 1 saturated carbocycles. The Morgan fingerprint density at radius 2 is 1.93 bits per heavy atom. The molecule has 2 atom stereocenters. The first-order valence-corrected chi connectivity index (χ1v) is 9.83. The normalized spacial score (nSPS) is 23.8. The summed E-state index contributed by atoms with van der Waals surface area (Å²) in [6.45, 7) is 1.38. The van der Waals surface area contributed by atoms with Crippen LogP contribution in [0.2, 0.25) is 0 Å². The van der Waals surface area contributed by atoms with Crippen LogP contribution in [0, 0.1) is 5.92 Å². The molecule has 0 radical (unpaired) electrons. The van der Waals surface area contributed by atoms with E-state index in [0.717, 1.165) is 51.5 Å². The number of hydrogen-bond donors (Lipinski definition) is 1. The predicted octanol–water partition coefficient (Wildman–Crippen LogP) is 2.40. The van der Waals surface area contributed by atoms with E-state index >= 15 is 0 Å². The number of carbonyl (C=O) groups is 2. The lowest BCUT2D eigenvalue weighted by Crippen LogP contribution is -2.51. The quantitative estimate of drug-likeness (QED) is 0.877. The molecule has 2 aliphatic rings. The molecule has 2 fully saturated rings. The zero-order valence-corrected chi connectivity index (χ0v) is 16.2. The lowest BCUT2D eigenvalue weighted by atomic mass is 9.82. The van der Waals surface area contributed by atoms with E-state index in [1.165, 1.54) is 14.2 Å². The van der Waals surface area contributed by atoms with Gasteiger partial charge in [0.1, 0.15) is 5.56 Å². The maximum absolute atomic E-state index is 13.4. The Kier molecular flexibility index (Phi) is 6.53. The Balaban J connectivity index is 1.92. The molecule has 1 aromatic rings. The fourth-order valence-electron chi connectivity index (χ4n) is 4.15.